The van der Waals surface area contributed by atoms with Gasteiger partial charge in [0, 0.05) is 17.3 Å². The topological polar surface area (TPSA) is 29.5 Å². The highest BCUT2D eigenvalue weighted by Crippen LogP contribution is 2.28. The highest BCUT2D eigenvalue weighted by molar-refractivity contribution is 6.35. The van der Waals surface area contributed by atoms with Crippen molar-refractivity contribution in [2.75, 3.05) is 5.88 Å². The predicted octanol–water partition coefficient (Wildman–Crippen LogP) is 3.32. The molecule has 0 bridgehead atoms. The minimum atomic E-state index is -0.939. The maximum Gasteiger partial charge on any atom is 0.198 e. The molecule has 0 aliphatic heterocycles. The lowest BCUT2D eigenvalue weighted by Crippen LogP contribution is -2.15. The molecule has 2 nitrogen and oxygen atoms in total. The first-order valence-electron chi connectivity index (χ1n) is 3.99. The van der Waals surface area contributed by atoms with Crippen molar-refractivity contribution in [2.24, 2.45) is 0 Å². The van der Waals surface area contributed by atoms with Crippen molar-refractivity contribution >= 4 is 34.8 Å². The van der Waals surface area contributed by atoms with Crippen LogP contribution in [0.4, 0.5) is 0 Å². The predicted molar refractivity (Wildman–Crippen MR) is 58.4 cm³/mol. The molecule has 1 rings (SSSR count). The van der Waals surface area contributed by atoms with Gasteiger partial charge >= 0.3 is 0 Å². The first kappa shape index (κ1) is 11.9. The molecular formula is C9H9Cl3O2. The molecule has 1 atom stereocenters. The second kappa shape index (κ2) is 5.66. The van der Waals surface area contributed by atoms with Crippen LogP contribution in [0.15, 0.2) is 18.2 Å². The molecule has 0 aliphatic carbocycles. The molecule has 0 aliphatic rings. The lowest BCUT2D eigenvalue weighted by Gasteiger charge is -2.13. The maximum absolute atomic E-state index is 9.30. The average molecular weight is 256 g/mol. The zero-order valence-corrected chi connectivity index (χ0v) is 9.48. The number of aliphatic hydroxyl groups is 1. The maximum atomic E-state index is 9.30. The van der Waals surface area contributed by atoms with E-state index < -0.39 is 6.29 Å². The summed E-state index contributed by atoms with van der Waals surface area (Å²) in [6, 6.07) is 4.78. The van der Waals surface area contributed by atoms with Gasteiger partial charge in [-0.15, -0.1) is 11.6 Å². The summed E-state index contributed by atoms with van der Waals surface area (Å²) in [5.74, 6) is 0.723. The molecule has 0 heterocycles. The van der Waals surface area contributed by atoms with Crippen molar-refractivity contribution < 1.29 is 9.84 Å². The molecule has 78 valence electrons. The Kier molecular flexibility index (Phi) is 4.82. The van der Waals surface area contributed by atoms with Crippen molar-refractivity contribution in [1.82, 2.24) is 0 Å². The van der Waals surface area contributed by atoms with Gasteiger partial charge in [-0.25, -0.2) is 0 Å². The van der Waals surface area contributed by atoms with Gasteiger partial charge in [-0.1, -0.05) is 23.2 Å². The molecule has 1 aromatic carbocycles. The number of rotatable bonds is 4. The van der Waals surface area contributed by atoms with Crippen molar-refractivity contribution in [2.45, 2.75) is 12.7 Å². The first-order chi connectivity index (χ1) is 6.63. The molecule has 0 radical (unpaired) electrons. The van der Waals surface area contributed by atoms with Crippen molar-refractivity contribution in [1.29, 1.82) is 0 Å². The van der Waals surface area contributed by atoms with Crippen LogP contribution in [-0.4, -0.2) is 17.3 Å². The second-order valence-electron chi connectivity index (χ2n) is 2.62. The Hall–Kier alpha value is -0.150. The number of hydrogen-bond acceptors (Lipinski definition) is 2. The van der Waals surface area contributed by atoms with Gasteiger partial charge in [0.05, 0.1) is 5.02 Å². The highest BCUT2D eigenvalue weighted by atomic mass is 35.5. The molecule has 1 unspecified atom stereocenters. The lowest BCUT2D eigenvalue weighted by molar-refractivity contribution is -0.0183. The summed E-state index contributed by atoms with van der Waals surface area (Å²) >= 11 is 16.9. The molecule has 1 N–H and O–H groups in total. The third-order valence-corrected chi connectivity index (χ3v) is 2.26. The van der Waals surface area contributed by atoms with Crippen LogP contribution in [0.25, 0.3) is 0 Å². The number of aliphatic hydroxyl groups excluding tert-OH is 1. The van der Waals surface area contributed by atoms with Crippen LogP contribution in [0.1, 0.15) is 6.42 Å². The van der Waals surface area contributed by atoms with Crippen LogP contribution in [0.2, 0.25) is 10.0 Å². The zero-order valence-electron chi connectivity index (χ0n) is 7.21. The van der Waals surface area contributed by atoms with Gasteiger partial charge < -0.3 is 9.84 Å². The Morgan fingerprint density at radius 2 is 2.07 bits per heavy atom. The third-order valence-electron chi connectivity index (χ3n) is 1.51. The van der Waals surface area contributed by atoms with Crippen molar-refractivity contribution in [3.8, 4) is 5.75 Å². The third kappa shape index (κ3) is 3.54. The summed E-state index contributed by atoms with van der Waals surface area (Å²) in [5, 5.41) is 10.2. The molecule has 0 saturated heterocycles. The van der Waals surface area contributed by atoms with E-state index in [1.165, 1.54) is 0 Å². The molecule has 1 aromatic rings. The molecule has 0 fully saturated rings. The quantitative estimate of drug-likeness (QED) is 0.661. The van der Waals surface area contributed by atoms with E-state index in [1.807, 2.05) is 0 Å². The van der Waals surface area contributed by atoms with Gasteiger partial charge in [0.1, 0.15) is 5.75 Å². The van der Waals surface area contributed by atoms with Gasteiger partial charge in [-0.2, -0.15) is 0 Å². The normalized spacial score (nSPS) is 12.6. The molecular weight excluding hydrogens is 246 g/mol. The number of benzene rings is 1. The average Bonchev–Trinajstić information content (AvgIpc) is 2.10. The molecule has 0 saturated carbocycles. The van der Waals surface area contributed by atoms with E-state index in [9.17, 15) is 5.11 Å². The molecule has 0 aromatic heterocycles. The van der Waals surface area contributed by atoms with Gasteiger partial charge in [0.15, 0.2) is 6.29 Å². The van der Waals surface area contributed by atoms with E-state index in [-0.39, 0.29) is 0 Å². The number of halogens is 3. The number of ether oxygens (including phenoxy) is 1. The van der Waals surface area contributed by atoms with Crippen LogP contribution >= 0.6 is 34.8 Å². The number of hydrogen-bond donors (Lipinski definition) is 1. The van der Waals surface area contributed by atoms with E-state index in [0.29, 0.717) is 28.1 Å². The standard InChI is InChI=1S/C9H9Cl3O2/c10-4-3-9(13)14-8-2-1-6(11)5-7(8)12/h1-2,5,9,13H,3-4H2. The number of alkyl halides is 1. The minimum absolute atomic E-state index is 0.326. The summed E-state index contributed by atoms with van der Waals surface area (Å²) in [7, 11) is 0. The Balaban J connectivity index is 2.67. The monoisotopic (exact) mass is 254 g/mol. The van der Waals surface area contributed by atoms with E-state index in [0.717, 1.165) is 0 Å². The Bertz CT molecular complexity index is 304. The largest absolute Gasteiger partial charge is 0.464 e. The SMILES string of the molecule is OC(CCCl)Oc1ccc(Cl)cc1Cl. The van der Waals surface area contributed by atoms with Crippen LogP contribution < -0.4 is 4.74 Å². The fraction of sp³-hybridized carbons (Fsp3) is 0.333. The smallest absolute Gasteiger partial charge is 0.198 e. The first-order valence-corrected chi connectivity index (χ1v) is 5.28. The minimum Gasteiger partial charge on any atom is -0.464 e. The van der Waals surface area contributed by atoms with E-state index in [2.05, 4.69) is 0 Å². The molecule has 5 heteroatoms. The Morgan fingerprint density at radius 3 is 2.64 bits per heavy atom. The van der Waals surface area contributed by atoms with Crippen molar-refractivity contribution in [3.63, 3.8) is 0 Å². The van der Waals surface area contributed by atoms with Gasteiger partial charge in [-0.3, -0.25) is 0 Å². The van der Waals surface area contributed by atoms with Gasteiger partial charge in [-0.05, 0) is 18.2 Å². The van der Waals surface area contributed by atoms with Crippen LogP contribution in [0.3, 0.4) is 0 Å². The molecule has 14 heavy (non-hydrogen) atoms. The van der Waals surface area contributed by atoms with Crippen LogP contribution in [0, 0.1) is 0 Å². The fourth-order valence-electron chi connectivity index (χ4n) is 0.870. The lowest BCUT2D eigenvalue weighted by atomic mass is 10.3. The highest BCUT2D eigenvalue weighted by Gasteiger charge is 2.08. The Morgan fingerprint density at radius 1 is 1.36 bits per heavy atom. The van der Waals surface area contributed by atoms with Crippen molar-refractivity contribution in [3.05, 3.63) is 28.2 Å². The van der Waals surface area contributed by atoms with Crippen LogP contribution in [-0.2, 0) is 0 Å². The summed E-state index contributed by atoms with van der Waals surface area (Å²) in [5.41, 5.74) is 0. The van der Waals surface area contributed by atoms with Crippen LogP contribution in [0.5, 0.6) is 5.75 Å². The zero-order chi connectivity index (χ0) is 10.6. The summed E-state index contributed by atoms with van der Waals surface area (Å²) in [6.45, 7) is 0. The van der Waals surface area contributed by atoms with Gasteiger partial charge in [0.2, 0.25) is 0 Å². The van der Waals surface area contributed by atoms with E-state index in [1.54, 1.807) is 18.2 Å². The molecule has 0 spiro atoms. The Labute approximate surface area is 97.3 Å². The molecule has 0 amide bonds. The van der Waals surface area contributed by atoms with Gasteiger partial charge in [0.25, 0.3) is 0 Å². The van der Waals surface area contributed by atoms with E-state index >= 15 is 0 Å². The summed E-state index contributed by atoms with van der Waals surface area (Å²) < 4.78 is 5.12. The fourth-order valence-corrected chi connectivity index (χ4v) is 1.51. The second-order valence-corrected chi connectivity index (χ2v) is 3.85. The summed E-state index contributed by atoms with van der Waals surface area (Å²) in [6.07, 6.45) is -0.591. The summed E-state index contributed by atoms with van der Waals surface area (Å²) in [4.78, 5) is 0. The van der Waals surface area contributed by atoms with E-state index in [4.69, 9.17) is 39.5 Å².